The first kappa shape index (κ1) is 16.5. The Hall–Kier alpha value is -2.90. The molecule has 2 aromatic carbocycles. The monoisotopic (exact) mass is 326 g/mol. The van der Waals surface area contributed by atoms with Crippen molar-refractivity contribution >= 4 is 17.5 Å². The second-order valence-electron chi connectivity index (χ2n) is 4.48. The summed E-state index contributed by atoms with van der Waals surface area (Å²) in [4.78, 5) is 23.3. The number of nitrogens with one attached hydrogen (secondary N) is 2. The van der Waals surface area contributed by atoms with Crippen molar-refractivity contribution in [1.82, 2.24) is 5.32 Å². The highest BCUT2D eigenvalue weighted by Gasteiger charge is 2.14. The van der Waals surface area contributed by atoms with Gasteiger partial charge in [0.25, 0.3) is 5.91 Å². The van der Waals surface area contributed by atoms with Gasteiger partial charge in [-0.1, -0.05) is 0 Å². The zero-order valence-electron chi connectivity index (χ0n) is 11.5. The van der Waals surface area contributed by atoms with Gasteiger partial charge in [0.2, 0.25) is 5.91 Å². The summed E-state index contributed by atoms with van der Waals surface area (Å²) in [7, 11) is 0. The maximum Gasteiger partial charge on any atom is 0.254 e. The molecular formula is C15H10F4N2O2. The number of rotatable bonds is 4. The van der Waals surface area contributed by atoms with E-state index in [0.717, 1.165) is 24.3 Å². The fourth-order valence-corrected chi connectivity index (χ4v) is 1.71. The van der Waals surface area contributed by atoms with Crippen LogP contribution >= 0.6 is 0 Å². The predicted molar refractivity (Wildman–Crippen MR) is 73.7 cm³/mol. The third kappa shape index (κ3) is 4.29. The second kappa shape index (κ2) is 6.91. The van der Waals surface area contributed by atoms with Crippen LogP contribution in [0.25, 0.3) is 0 Å². The van der Waals surface area contributed by atoms with Crippen molar-refractivity contribution in [2.24, 2.45) is 0 Å². The van der Waals surface area contributed by atoms with Gasteiger partial charge < -0.3 is 10.6 Å². The minimum atomic E-state index is -1.08. The largest absolute Gasteiger partial charge is 0.343 e. The lowest BCUT2D eigenvalue weighted by atomic mass is 10.2. The molecule has 120 valence electrons. The normalized spacial score (nSPS) is 10.3. The molecule has 0 heterocycles. The van der Waals surface area contributed by atoms with Crippen LogP contribution in [-0.2, 0) is 4.79 Å². The molecule has 0 aliphatic rings. The Labute approximate surface area is 128 Å². The molecule has 0 atom stereocenters. The van der Waals surface area contributed by atoms with E-state index >= 15 is 0 Å². The third-order valence-corrected chi connectivity index (χ3v) is 2.79. The highest BCUT2D eigenvalue weighted by molar-refractivity contribution is 5.99. The quantitative estimate of drug-likeness (QED) is 0.849. The van der Waals surface area contributed by atoms with Crippen molar-refractivity contribution in [1.29, 1.82) is 0 Å². The van der Waals surface area contributed by atoms with Crippen LogP contribution in [-0.4, -0.2) is 18.4 Å². The molecule has 8 heteroatoms. The van der Waals surface area contributed by atoms with Crippen molar-refractivity contribution in [3.8, 4) is 0 Å². The number of anilines is 1. The standard InChI is InChI=1S/C15H10F4N2O2/c16-8-1-3-10(11(18)5-8)15(23)20-7-14(22)21-13-4-2-9(17)6-12(13)19/h1-6H,7H2,(H,20,23)(H,21,22). The van der Waals surface area contributed by atoms with Gasteiger partial charge in [-0.25, -0.2) is 17.6 Å². The van der Waals surface area contributed by atoms with Gasteiger partial charge >= 0.3 is 0 Å². The van der Waals surface area contributed by atoms with Crippen LogP contribution in [0.3, 0.4) is 0 Å². The average Bonchev–Trinajstić information content (AvgIpc) is 2.48. The van der Waals surface area contributed by atoms with Crippen molar-refractivity contribution in [2.45, 2.75) is 0 Å². The van der Waals surface area contributed by atoms with E-state index in [1.54, 1.807) is 0 Å². The zero-order chi connectivity index (χ0) is 17.0. The van der Waals surface area contributed by atoms with Gasteiger partial charge in [0.05, 0.1) is 17.8 Å². The summed E-state index contributed by atoms with van der Waals surface area (Å²) < 4.78 is 52.2. The molecule has 2 N–H and O–H groups in total. The van der Waals surface area contributed by atoms with E-state index in [1.165, 1.54) is 0 Å². The van der Waals surface area contributed by atoms with Gasteiger partial charge in [0, 0.05) is 12.1 Å². The molecular weight excluding hydrogens is 316 g/mol. The first-order valence-electron chi connectivity index (χ1n) is 6.35. The van der Waals surface area contributed by atoms with Gasteiger partial charge in [-0.2, -0.15) is 0 Å². The minimum absolute atomic E-state index is 0.265. The van der Waals surface area contributed by atoms with Crippen molar-refractivity contribution in [3.63, 3.8) is 0 Å². The SMILES string of the molecule is O=C(CNC(=O)c1ccc(F)cc1F)Nc1ccc(F)cc1F. The smallest absolute Gasteiger partial charge is 0.254 e. The Balaban J connectivity index is 1.94. The lowest BCUT2D eigenvalue weighted by Gasteiger charge is -2.08. The summed E-state index contributed by atoms with van der Waals surface area (Å²) in [6.07, 6.45) is 0. The number of halogens is 4. The van der Waals surface area contributed by atoms with Crippen molar-refractivity contribution < 1.29 is 27.2 Å². The first-order chi connectivity index (χ1) is 10.9. The van der Waals surface area contributed by atoms with E-state index < -0.39 is 47.2 Å². The number of benzene rings is 2. The van der Waals surface area contributed by atoms with Gasteiger partial charge in [-0.05, 0) is 24.3 Å². The maximum absolute atomic E-state index is 13.4. The molecule has 0 bridgehead atoms. The molecule has 0 aliphatic heterocycles. The highest BCUT2D eigenvalue weighted by atomic mass is 19.1. The molecule has 0 unspecified atom stereocenters. The fraction of sp³-hybridized carbons (Fsp3) is 0.0667. The number of hydrogen-bond acceptors (Lipinski definition) is 2. The van der Waals surface area contributed by atoms with Gasteiger partial charge in [0.15, 0.2) is 0 Å². The molecule has 4 nitrogen and oxygen atoms in total. The van der Waals surface area contributed by atoms with Gasteiger partial charge in [-0.15, -0.1) is 0 Å². The Morgan fingerprint density at radius 3 is 2.09 bits per heavy atom. The molecule has 0 radical (unpaired) electrons. The molecule has 0 aromatic heterocycles. The van der Waals surface area contributed by atoms with Crippen LogP contribution in [0.5, 0.6) is 0 Å². The topological polar surface area (TPSA) is 58.2 Å². The molecule has 0 spiro atoms. The lowest BCUT2D eigenvalue weighted by Crippen LogP contribution is -2.33. The Morgan fingerprint density at radius 1 is 0.870 bits per heavy atom. The van der Waals surface area contributed by atoms with Crippen LogP contribution in [0.15, 0.2) is 36.4 Å². The Morgan fingerprint density at radius 2 is 1.48 bits per heavy atom. The number of hydrogen-bond donors (Lipinski definition) is 2. The fourth-order valence-electron chi connectivity index (χ4n) is 1.71. The average molecular weight is 326 g/mol. The van der Waals surface area contributed by atoms with E-state index in [0.29, 0.717) is 12.1 Å². The first-order valence-corrected chi connectivity index (χ1v) is 6.35. The Bertz CT molecular complexity index is 765. The third-order valence-electron chi connectivity index (χ3n) is 2.79. The second-order valence-corrected chi connectivity index (χ2v) is 4.48. The molecule has 0 fully saturated rings. The van der Waals surface area contributed by atoms with Gasteiger partial charge in [-0.3, -0.25) is 9.59 Å². The summed E-state index contributed by atoms with van der Waals surface area (Å²) in [5.74, 6) is -5.44. The minimum Gasteiger partial charge on any atom is -0.343 e. The van der Waals surface area contributed by atoms with E-state index in [-0.39, 0.29) is 5.69 Å². The molecule has 23 heavy (non-hydrogen) atoms. The Kier molecular flexibility index (Phi) is 4.95. The summed E-state index contributed by atoms with van der Waals surface area (Å²) in [6, 6.07) is 4.91. The van der Waals surface area contributed by atoms with E-state index in [4.69, 9.17) is 0 Å². The summed E-state index contributed by atoms with van der Waals surface area (Å²) in [5, 5.41) is 4.22. The highest BCUT2D eigenvalue weighted by Crippen LogP contribution is 2.14. The van der Waals surface area contributed by atoms with Crippen molar-refractivity contribution in [2.75, 3.05) is 11.9 Å². The zero-order valence-corrected chi connectivity index (χ0v) is 11.5. The predicted octanol–water partition coefficient (Wildman–Crippen LogP) is 2.61. The number of carbonyl (C=O) groups excluding carboxylic acids is 2. The molecule has 0 aliphatic carbocycles. The summed E-state index contributed by atoms with van der Waals surface area (Å²) in [5.41, 5.74) is -0.703. The van der Waals surface area contributed by atoms with Crippen LogP contribution in [0.1, 0.15) is 10.4 Å². The van der Waals surface area contributed by atoms with Crippen LogP contribution in [0.4, 0.5) is 23.2 Å². The molecule has 2 aromatic rings. The van der Waals surface area contributed by atoms with Crippen molar-refractivity contribution in [3.05, 3.63) is 65.2 Å². The lowest BCUT2D eigenvalue weighted by molar-refractivity contribution is -0.115. The molecule has 0 saturated carbocycles. The molecule has 0 saturated heterocycles. The van der Waals surface area contributed by atoms with E-state index in [2.05, 4.69) is 10.6 Å². The maximum atomic E-state index is 13.4. The van der Waals surface area contributed by atoms with Crippen LogP contribution in [0.2, 0.25) is 0 Å². The van der Waals surface area contributed by atoms with Crippen LogP contribution < -0.4 is 10.6 Å². The number of carbonyl (C=O) groups is 2. The summed E-state index contributed by atoms with van der Waals surface area (Å²) >= 11 is 0. The van der Waals surface area contributed by atoms with Gasteiger partial charge in [0.1, 0.15) is 23.3 Å². The molecule has 2 rings (SSSR count). The van der Waals surface area contributed by atoms with Crippen LogP contribution in [0, 0.1) is 23.3 Å². The molecule has 2 amide bonds. The number of amides is 2. The summed E-state index contributed by atoms with van der Waals surface area (Å²) in [6.45, 7) is -0.577. The van der Waals surface area contributed by atoms with E-state index in [9.17, 15) is 27.2 Å². The van der Waals surface area contributed by atoms with E-state index in [1.807, 2.05) is 0 Å².